The van der Waals surface area contributed by atoms with Crippen molar-refractivity contribution in [2.24, 2.45) is 13.0 Å². The van der Waals surface area contributed by atoms with Gasteiger partial charge in [-0.05, 0) is 31.7 Å². The third kappa shape index (κ3) is 3.32. The molecule has 5 heteroatoms. The number of hydrogen-bond donors (Lipinski definition) is 0. The van der Waals surface area contributed by atoms with E-state index < -0.39 is 0 Å². The van der Waals surface area contributed by atoms with Crippen molar-refractivity contribution >= 4 is 5.97 Å². The molecule has 0 atom stereocenters. The average molecular weight is 252 g/mol. The van der Waals surface area contributed by atoms with E-state index in [1.807, 2.05) is 19.3 Å². The van der Waals surface area contributed by atoms with Crippen LogP contribution in [0.5, 0.6) is 0 Å². The lowest BCUT2D eigenvalue weighted by Gasteiger charge is -2.26. The van der Waals surface area contributed by atoms with E-state index in [2.05, 4.69) is 5.10 Å². The third-order valence-electron chi connectivity index (χ3n) is 3.44. The zero-order valence-corrected chi connectivity index (χ0v) is 11.0. The van der Waals surface area contributed by atoms with Gasteiger partial charge in [-0.2, -0.15) is 5.10 Å². The number of carbonyl (C=O) groups excluding carboxylic acids is 1. The highest BCUT2D eigenvalue weighted by atomic mass is 16.5. The number of aryl methyl sites for hydroxylation is 1. The highest BCUT2D eigenvalue weighted by Crippen LogP contribution is 2.27. The van der Waals surface area contributed by atoms with Crippen LogP contribution < -0.4 is 0 Å². The Morgan fingerprint density at radius 1 is 1.44 bits per heavy atom. The molecule has 0 aliphatic heterocycles. The summed E-state index contributed by atoms with van der Waals surface area (Å²) in [5.41, 5.74) is 0.951. The van der Waals surface area contributed by atoms with Crippen molar-refractivity contribution in [3.05, 3.63) is 18.0 Å². The van der Waals surface area contributed by atoms with Gasteiger partial charge in [-0.3, -0.25) is 9.48 Å². The van der Waals surface area contributed by atoms with Crippen molar-refractivity contribution in [3.63, 3.8) is 0 Å². The van der Waals surface area contributed by atoms with Crippen LogP contribution in [0, 0.1) is 5.92 Å². The van der Waals surface area contributed by atoms with Gasteiger partial charge in [-0.15, -0.1) is 0 Å². The van der Waals surface area contributed by atoms with Crippen LogP contribution in [0.15, 0.2) is 12.3 Å². The molecule has 1 aromatic heterocycles. The number of hydrogen-bond acceptors (Lipinski definition) is 4. The van der Waals surface area contributed by atoms with Gasteiger partial charge in [-0.25, -0.2) is 0 Å². The summed E-state index contributed by atoms with van der Waals surface area (Å²) in [6.45, 7) is 0.550. The van der Waals surface area contributed by atoms with Gasteiger partial charge in [0.15, 0.2) is 0 Å². The molecule has 1 aromatic rings. The standard InChI is InChI=1S/C13H20N2O3/c1-15-8-7-11(14-15)9-18-12-5-3-10(4-6-12)13(16)17-2/h7-8,10,12H,3-6,9H2,1-2H3. The Hall–Kier alpha value is -1.36. The van der Waals surface area contributed by atoms with Gasteiger partial charge in [-0.1, -0.05) is 0 Å². The number of methoxy groups -OCH3 is 1. The van der Waals surface area contributed by atoms with Crippen molar-refractivity contribution in [2.75, 3.05) is 7.11 Å². The molecule has 2 rings (SSSR count). The van der Waals surface area contributed by atoms with E-state index in [1.54, 1.807) is 4.68 Å². The topological polar surface area (TPSA) is 53.4 Å². The maximum atomic E-state index is 11.4. The molecule has 0 unspecified atom stereocenters. The predicted octanol–water partition coefficient (Wildman–Crippen LogP) is 1.67. The van der Waals surface area contributed by atoms with Gasteiger partial charge in [0.25, 0.3) is 0 Å². The Labute approximate surface area is 107 Å². The minimum absolute atomic E-state index is 0.0599. The normalized spacial score (nSPS) is 23.9. The molecule has 0 spiro atoms. The fraction of sp³-hybridized carbons (Fsp3) is 0.692. The Bertz CT molecular complexity index is 395. The van der Waals surface area contributed by atoms with Gasteiger partial charge in [0, 0.05) is 13.2 Å². The summed E-state index contributed by atoms with van der Waals surface area (Å²) in [6, 6.07) is 1.96. The monoisotopic (exact) mass is 252 g/mol. The third-order valence-corrected chi connectivity index (χ3v) is 3.44. The molecule has 5 nitrogen and oxygen atoms in total. The largest absolute Gasteiger partial charge is 0.469 e. The molecular formula is C13H20N2O3. The van der Waals surface area contributed by atoms with Gasteiger partial charge >= 0.3 is 5.97 Å². The van der Waals surface area contributed by atoms with Crippen molar-refractivity contribution in [3.8, 4) is 0 Å². The molecule has 1 aliphatic carbocycles. The lowest BCUT2D eigenvalue weighted by atomic mass is 9.87. The molecule has 0 amide bonds. The minimum Gasteiger partial charge on any atom is -0.469 e. The van der Waals surface area contributed by atoms with Crippen LogP contribution in [0.2, 0.25) is 0 Å². The number of aromatic nitrogens is 2. The SMILES string of the molecule is COC(=O)C1CCC(OCc2ccn(C)n2)CC1. The van der Waals surface area contributed by atoms with E-state index in [0.29, 0.717) is 6.61 Å². The molecule has 0 saturated heterocycles. The molecule has 1 fully saturated rings. The summed E-state index contributed by atoms with van der Waals surface area (Å²) in [7, 11) is 3.34. The first-order valence-corrected chi connectivity index (χ1v) is 6.37. The number of ether oxygens (including phenoxy) is 2. The summed E-state index contributed by atoms with van der Waals surface area (Å²) < 4.78 is 12.4. The molecule has 1 saturated carbocycles. The molecule has 100 valence electrons. The first kappa shape index (κ1) is 13.1. The number of rotatable bonds is 4. The van der Waals surface area contributed by atoms with Crippen LogP contribution in [0.25, 0.3) is 0 Å². The van der Waals surface area contributed by atoms with E-state index in [-0.39, 0.29) is 18.0 Å². The summed E-state index contributed by atoms with van der Waals surface area (Å²) in [5, 5.41) is 4.27. The molecule has 1 aliphatic rings. The first-order valence-electron chi connectivity index (χ1n) is 6.37. The fourth-order valence-electron chi connectivity index (χ4n) is 2.38. The van der Waals surface area contributed by atoms with Gasteiger partial charge in [0.1, 0.15) is 0 Å². The van der Waals surface area contributed by atoms with E-state index in [9.17, 15) is 4.79 Å². The second kappa shape index (κ2) is 6.00. The van der Waals surface area contributed by atoms with Crippen LogP contribution in [0.3, 0.4) is 0 Å². The Morgan fingerprint density at radius 2 is 2.17 bits per heavy atom. The molecule has 1 heterocycles. The smallest absolute Gasteiger partial charge is 0.308 e. The van der Waals surface area contributed by atoms with Crippen LogP contribution >= 0.6 is 0 Å². The number of carbonyl (C=O) groups is 1. The highest BCUT2D eigenvalue weighted by Gasteiger charge is 2.27. The average Bonchev–Trinajstić information content (AvgIpc) is 2.82. The predicted molar refractivity (Wildman–Crippen MR) is 65.8 cm³/mol. The maximum Gasteiger partial charge on any atom is 0.308 e. The van der Waals surface area contributed by atoms with Crippen LogP contribution in [-0.4, -0.2) is 29.0 Å². The second-order valence-electron chi connectivity index (χ2n) is 4.79. The van der Waals surface area contributed by atoms with Crippen molar-refractivity contribution in [2.45, 2.75) is 38.4 Å². The fourth-order valence-corrected chi connectivity index (χ4v) is 2.38. The molecule has 0 N–H and O–H groups in total. The van der Waals surface area contributed by atoms with Gasteiger partial charge < -0.3 is 9.47 Å². The molecule has 0 radical (unpaired) electrons. The Balaban J connectivity index is 1.72. The van der Waals surface area contributed by atoms with E-state index in [4.69, 9.17) is 9.47 Å². The van der Waals surface area contributed by atoms with E-state index in [1.165, 1.54) is 7.11 Å². The van der Waals surface area contributed by atoms with Crippen LogP contribution in [-0.2, 0) is 27.9 Å². The van der Waals surface area contributed by atoms with Gasteiger partial charge in [0.2, 0.25) is 0 Å². The Kier molecular flexibility index (Phi) is 4.36. The molecule has 18 heavy (non-hydrogen) atoms. The second-order valence-corrected chi connectivity index (χ2v) is 4.79. The van der Waals surface area contributed by atoms with E-state index in [0.717, 1.165) is 31.4 Å². The van der Waals surface area contributed by atoms with Crippen molar-refractivity contribution in [1.82, 2.24) is 9.78 Å². The summed E-state index contributed by atoms with van der Waals surface area (Å²) in [6.07, 6.45) is 5.72. The number of nitrogens with zero attached hydrogens (tertiary/aromatic N) is 2. The van der Waals surface area contributed by atoms with E-state index >= 15 is 0 Å². The zero-order valence-electron chi connectivity index (χ0n) is 11.0. The van der Waals surface area contributed by atoms with Crippen LogP contribution in [0.4, 0.5) is 0 Å². The van der Waals surface area contributed by atoms with Crippen molar-refractivity contribution in [1.29, 1.82) is 0 Å². The quantitative estimate of drug-likeness (QED) is 0.765. The maximum absolute atomic E-state index is 11.4. The summed E-state index contributed by atoms with van der Waals surface area (Å²) in [5.74, 6) is -0.0251. The van der Waals surface area contributed by atoms with Gasteiger partial charge in [0.05, 0.1) is 31.4 Å². The molecule has 0 bridgehead atoms. The highest BCUT2D eigenvalue weighted by molar-refractivity contribution is 5.72. The molecular weight excluding hydrogens is 232 g/mol. The Morgan fingerprint density at radius 3 is 2.72 bits per heavy atom. The van der Waals surface area contributed by atoms with Crippen molar-refractivity contribution < 1.29 is 14.3 Å². The summed E-state index contributed by atoms with van der Waals surface area (Å²) in [4.78, 5) is 11.4. The zero-order chi connectivity index (χ0) is 13.0. The lowest BCUT2D eigenvalue weighted by Crippen LogP contribution is -2.26. The summed E-state index contributed by atoms with van der Waals surface area (Å²) >= 11 is 0. The lowest BCUT2D eigenvalue weighted by molar-refractivity contribution is -0.147. The minimum atomic E-state index is -0.0850. The van der Waals surface area contributed by atoms with Crippen LogP contribution in [0.1, 0.15) is 31.4 Å². The molecule has 0 aromatic carbocycles. The first-order chi connectivity index (χ1) is 8.69. The number of esters is 1.